The Morgan fingerprint density at radius 2 is 1.83 bits per heavy atom. The molecular formula is C21H22N4O4S. The number of aromatic nitrogens is 2. The molecule has 8 nitrogen and oxygen atoms in total. The minimum absolute atomic E-state index is 0.194. The van der Waals surface area contributed by atoms with Crippen molar-refractivity contribution >= 4 is 15.9 Å². The van der Waals surface area contributed by atoms with E-state index in [1.165, 1.54) is 4.31 Å². The SMILES string of the molecule is Cc1ccc(C)c(S(=O)(=O)N2CCN(C(=O)c3cc(-c4cccnc4)on3)CC2)c1. The van der Waals surface area contributed by atoms with E-state index in [0.29, 0.717) is 16.2 Å². The van der Waals surface area contributed by atoms with E-state index in [-0.39, 0.29) is 37.8 Å². The van der Waals surface area contributed by atoms with Gasteiger partial charge in [0.25, 0.3) is 5.91 Å². The van der Waals surface area contributed by atoms with Gasteiger partial charge in [-0.05, 0) is 43.2 Å². The van der Waals surface area contributed by atoms with E-state index >= 15 is 0 Å². The highest BCUT2D eigenvalue weighted by Crippen LogP contribution is 2.24. The summed E-state index contributed by atoms with van der Waals surface area (Å²) in [7, 11) is -3.61. The lowest BCUT2D eigenvalue weighted by Crippen LogP contribution is -2.50. The second kappa shape index (κ2) is 8.00. The Morgan fingerprint density at radius 1 is 1.07 bits per heavy atom. The molecule has 0 aliphatic carbocycles. The number of sulfonamides is 1. The van der Waals surface area contributed by atoms with Crippen molar-refractivity contribution in [2.24, 2.45) is 0 Å². The van der Waals surface area contributed by atoms with E-state index in [1.807, 2.05) is 25.1 Å². The molecule has 1 aliphatic heterocycles. The Bertz CT molecular complexity index is 1170. The minimum atomic E-state index is -3.61. The maximum absolute atomic E-state index is 13.1. The van der Waals surface area contributed by atoms with Gasteiger partial charge in [-0.1, -0.05) is 17.3 Å². The Kier molecular flexibility index (Phi) is 5.40. The molecule has 156 valence electrons. The van der Waals surface area contributed by atoms with Crippen molar-refractivity contribution in [3.8, 4) is 11.3 Å². The first-order valence-electron chi connectivity index (χ1n) is 9.60. The van der Waals surface area contributed by atoms with Gasteiger partial charge in [0.05, 0.1) is 4.90 Å². The largest absolute Gasteiger partial charge is 0.355 e. The van der Waals surface area contributed by atoms with Gasteiger partial charge in [-0.3, -0.25) is 9.78 Å². The molecular weight excluding hydrogens is 404 g/mol. The lowest BCUT2D eigenvalue weighted by molar-refractivity contribution is 0.0687. The number of rotatable bonds is 4. The van der Waals surface area contributed by atoms with Crippen molar-refractivity contribution in [3.63, 3.8) is 0 Å². The second-order valence-corrected chi connectivity index (χ2v) is 9.19. The maximum atomic E-state index is 13.1. The molecule has 0 spiro atoms. The van der Waals surface area contributed by atoms with Gasteiger partial charge in [0.1, 0.15) is 0 Å². The van der Waals surface area contributed by atoms with Crippen LogP contribution in [-0.4, -0.2) is 59.8 Å². The van der Waals surface area contributed by atoms with Gasteiger partial charge in [-0.2, -0.15) is 4.31 Å². The fourth-order valence-electron chi connectivity index (χ4n) is 3.44. The van der Waals surface area contributed by atoms with Crippen LogP contribution in [0.5, 0.6) is 0 Å². The number of hydrogen-bond donors (Lipinski definition) is 0. The number of pyridine rings is 1. The summed E-state index contributed by atoms with van der Waals surface area (Å²) in [4.78, 5) is 18.7. The standard InChI is InChI=1S/C21H22N4O4S/c1-15-5-6-16(2)20(12-15)30(27,28)25-10-8-24(9-11-25)21(26)18-13-19(29-23-18)17-4-3-7-22-14-17/h3-7,12-14H,8-11H2,1-2H3. The number of piperazine rings is 1. The van der Waals surface area contributed by atoms with Gasteiger partial charge in [0, 0.05) is 50.2 Å². The number of amides is 1. The first kappa shape index (κ1) is 20.2. The summed E-state index contributed by atoms with van der Waals surface area (Å²) in [5.74, 6) is 0.181. The van der Waals surface area contributed by atoms with Crippen molar-refractivity contribution < 1.29 is 17.7 Å². The van der Waals surface area contributed by atoms with E-state index in [2.05, 4.69) is 10.1 Å². The van der Waals surface area contributed by atoms with Crippen LogP contribution in [0.4, 0.5) is 0 Å². The summed E-state index contributed by atoms with van der Waals surface area (Å²) in [6, 6.07) is 10.6. The maximum Gasteiger partial charge on any atom is 0.276 e. The van der Waals surface area contributed by atoms with Crippen LogP contribution in [0.2, 0.25) is 0 Å². The lowest BCUT2D eigenvalue weighted by atomic mass is 10.2. The zero-order chi connectivity index (χ0) is 21.3. The summed E-state index contributed by atoms with van der Waals surface area (Å²) < 4.78 is 32.8. The lowest BCUT2D eigenvalue weighted by Gasteiger charge is -2.33. The highest BCUT2D eigenvalue weighted by Gasteiger charge is 2.32. The van der Waals surface area contributed by atoms with Crippen molar-refractivity contribution in [3.05, 3.63) is 65.6 Å². The first-order valence-corrected chi connectivity index (χ1v) is 11.0. The summed E-state index contributed by atoms with van der Waals surface area (Å²) in [5.41, 5.74) is 2.53. The molecule has 1 amide bonds. The van der Waals surface area contributed by atoms with Crippen LogP contribution in [0.3, 0.4) is 0 Å². The van der Waals surface area contributed by atoms with E-state index in [9.17, 15) is 13.2 Å². The Morgan fingerprint density at radius 3 is 2.53 bits per heavy atom. The van der Waals surface area contributed by atoms with E-state index in [1.54, 1.807) is 42.4 Å². The van der Waals surface area contributed by atoms with Crippen LogP contribution < -0.4 is 0 Å². The Balaban J connectivity index is 1.45. The Hall–Kier alpha value is -3.04. The van der Waals surface area contributed by atoms with Crippen LogP contribution in [0.1, 0.15) is 21.6 Å². The zero-order valence-corrected chi connectivity index (χ0v) is 17.6. The molecule has 1 fully saturated rings. The summed E-state index contributed by atoms with van der Waals surface area (Å²) in [6.45, 7) is 4.70. The van der Waals surface area contributed by atoms with E-state index < -0.39 is 10.0 Å². The molecule has 0 bridgehead atoms. The van der Waals surface area contributed by atoms with Gasteiger partial charge in [0.15, 0.2) is 11.5 Å². The van der Waals surface area contributed by atoms with E-state index in [4.69, 9.17) is 4.52 Å². The normalized spacial score (nSPS) is 15.3. The van der Waals surface area contributed by atoms with Gasteiger partial charge < -0.3 is 9.42 Å². The highest BCUT2D eigenvalue weighted by molar-refractivity contribution is 7.89. The molecule has 1 aromatic carbocycles. The quantitative estimate of drug-likeness (QED) is 0.636. The molecule has 4 rings (SSSR count). The van der Waals surface area contributed by atoms with Crippen molar-refractivity contribution in [2.45, 2.75) is 18.7 Å². The topological polar surface area (TPSA) is 96.6 Å². The smallest absolute Gasteiger partial charge is 0.276 e. The summed E-state index contributed by atoms with van der Waals surface area (Å²) >= 11 is 0. The van der Waals surface area contributed by atoms with Crippen LogP contribution in [-0.2, 0) is 10.0 Å². The number of nitrogens with zero attached hydrogens (tertiary/aromatic N) is 4. The summed E-state index contributed by atoms with van der Waals surface area (Å²) in [5, 5.41) is 3.88. The number of carbonyl (C=O) groups excluding carboxylic acids is 1. The monoisotopic (exact) mass is 426 g/mol. The molecule has 0 N–H and O–H groups in total. The molecule has 0 unspecified atom stereocenters. The Labute approximate surface area is 175 Å². The van der Waals surface area contributed by atoms with E-state index in [0.717, 1.165) is 11.1 Å². The third kappa shape index (κ3) is 3.86. The molecule has 2 aromatic heterocycles. The third-order valence-corrected chi connectivity index (χ3v) is 7.20. The predicted octanol–water partition coefficient (Wildman–Crippen LogP) is 2.50. The molecule has 3 aromatic rings. The minimum Gasteiger partial charge on any atom is -0.355 e. The molecule has 1 aliphatic rings. The first-order chi connectivity index (χ1) is 14.4. The number of carbonyl (C=O) groups is 1. The molecule has 3 heterocycles. The molecule has 0 atom stereocenters. The second-order valence-electron chi connectivity index (χ2n) is 7.28. The molecule has 0 saturated carbocycles. The molecule has 30 heavy (non-hydrogen) atoms. The van der Waals surface area contributed by atoms with Crippen molar-refractivity contribution in [1.82, 2.24) is 19.3 Å². The van der Waals surface area contributed by atoms with Crippen LogP contribution >= 0.6 is 0 Å². The van der Waals surface area contributed by atoms with Gasteiger partial charge in [-0.15, -0.1) is 0 Å². The molecule has 1 saturated heterocycles. The fourth-order valence-corrected chi connectivity index (χ4v) is 5.17. The average Bonchev–Trinajstić information content (AvgIpc) is 3.26. The van der Waals surface area contributed by atoms with Crippen molar-refractivity contribution in [2.75, 3.05) is 26.2 Å². The summed E-state index contributed by atoms with van der Waals surface area (Å²) in [6.07, 6.45) is 3.28. The zero-order valence-electron chi connectivity index (χ0n) is 16.8. The number of benzene rings is 1. The highest BCUT2D eigenvalue weighted by atomic mass is 32.2. The fraction of sp³-hybridized carbons (Fsp3) is 0.286. The van der Waals surface area contributed by atoms with Crippen molar-refractivity contribution in [1.29, 1.82) is 0 Å². The van der Waals surface area contributed by atoms with Gasteiger partial charge >= 0.3 is 0 Å². The number of aryl methyl sites for hydroxylation is 2. The van der Waals surface area contributed by atoms with Crippen LogP contribution in [0.15, 0.2) is 58.2 Å². The number of hydrogen-bond acceptors (Lipinski definition) is 6. The average molecular weight is 426 g/mol. The van der Waals surface area contributed by atoms with Gasteiger partial charge in [0.2, 0.25) is 10.0 Å². The van der Waals surface area contributed by atoms with Crippen LogP contribution in [0, 0.1) is 13.8 Å². The molecule has 9 heteroatoms. The molecule has 0 radical (unpaired) electrons. The van der Waals surface area contributed by atoms with Gasteiger partial charge in [-0.25, -0.2) is 8.42 Å². The predicted molar refractivity (Wildman–Crippen MR) is 110 cm³/mol. The third-order valence-electron chi connectivity index (χ3n) is 5.16. The van der Waals surface area contributed by atoms with Crippen LogP contribution in [0.25, 0.3) is 11.3 Å².